The number of esters is 1. The van der Waals surface area contributed by atoms with Gasteiger partial charge in [0, 0.05) is 11.5 Å². The van der Waals surface area contributed by atoms with Crippen molar-refractivity contribution in [2.45, 2.75) is 25.9 Å². The molecule has 18 heavy (non-hydrogen) atoms. The van der Waals surface area contributed by atoms with Gasteiger partial charge in [0.1, 0.15) is 11.9 Å². The molecular formula is C15H16O3. The van der Waals surface area contributed by atoms with Crippen molar-refractivity contribution in [2.75, 3.05) is 7.11 Å². The molecule has 0 radical (unpaired) electrons. The quantitative estimate of drug-likeness (QED) is 0.592. The molecule has 0 spiro atoms. The summed E-state index contributed by atoms with van der Waals surface area (Å²) in [5, 5.41) is 0. The highest BCUT2D eigenvalue weighted by molar-refractivity contribution is 5.95. The Bertz CT molecular complexity index is 545. The summed E-state index contributed by atoms with van der Waals surface area (Å²) in [6, 6.07) is 3.80. The number of carbonyl (C=O) groups excluding carboxylic acids is 1. The molecule has 3 heteroatoms. The van der Waals surface area contributed by atoms with Crippen LogP contribution in [0, 0.1) is 5.92 Å². The molecule has 1 aromatic rings. The fourth-order valence-electron chi connectivity index (χ4n) is 3.00. The second-order valence-corrected chi connectivity index (χ2v) is 5.07. The fourth-order valence-corrected chi connectivity index (χ4v) is 3.00. The van der Waals surface area contributed by atoms with Crippen molar-refractivity contribution < 1.29 is 14.3 Å². The number of hydrogen-bond donors (Lipinski definition) is 0. The van der Waals surface area contributed by atoms with E-state index in [9.17, 15) is 4.79 Å². The first-order valence-electron chi connectivity index (χ1n) is 6.19. The van der Waals surface area contributed by atoms with E-state index in [0.717, 1.165) is 29.7 Å². The smallest absolute Gasteiger partial charge is 0.339 e. The van der Waals surface area contributed by atoms with Crippen LogP contribution in [0.4, 0.5) is 0 Å². The Labute approximate surface area is 106 Å². The van der Waals surface area contributed by atoms with E-state index < -0.39 is 0 Å². The van der Waals surface area contributed by atoms with Gasteiger partial charge in [0.2, 0.25) is 0 Å². The molecule has 0 saturated carbocycles. The standard InChI is InChI=1S/C15H16O3/c1-8(2)11-5-4-9-6-10(17-3)7-12-13(9)14(11)18-15(12)16/h6-7,11,14H,1,4-5H2,2-3H3/t11-,14-/m0/s1. The zero-order valence-electron chi connectivity index (χ0n) is 10.7. The summed E-state index contributed by atoms with van der Waals surface area (Å²) >= 11 is 0. The topological polar surface area (TPSA) is 35.5 Å². The summed E-state index contributed by atoms with van der Waals surface area (Å²) < 4.78 is 10.8. The fraction of sp³-hybridized carbons (Fsp3) is 0.400. The van der Waals surface area contributed by atoms with Crippen LogP contribution in [-0.2, 0) is 11.2 Å². The molecule has 1 heterocycles. The first-order valence-corrected chi connectivity index (χ1v) is 6.19. The molecule has 2 aliphatic rings. The number of aryl methyl sites for hydroxylation is 1. The summed E-state index contributed by atoms with van der Waals surface area (Å²) in [5.74, 6) is 0.745. The highest BCUT2D eigenvalue weighted by Crippen LogP contribution is 2.47. The average molecular weight is 244 g/mol. The van der Waals surface area contributed by atoms with Crippen molar-refractivity contribution in [1.82, 2.24) is 0 Å². The van der Waals surface area contributed by atoms with Gasteiger partial charge >= 0.3 is 5.97 Å². The molecule has 0 fully saturated rings. The molecule has 0 unspecified atom stereocenters. The maximum atomic E-state index is 11.9. The maximum absolute atomic E-state index is 11.9. The van der Waals surface area contributed by atoms with Crippen molar-refractivity contribution in [3.8, 4) is 5.75 Å². The largest absolute Gasteiger partial charge is 0.497 e. The maximum Gasteiger partial charge on any atom is 0.339 e. The van der Waals surface area contributed by atoms with Crippen LogP contribution >= 0.6 is 0 Å². The van der Waals surface area contributed by atoms with Crippen molar-refractivity contribution in [1.29, 1.82) is 0 Å². The van der Waals surface area contributed by atoms with E-state index in [0.29, 0.717) is 5.56 Å². The minimum absolute atomic E-state index is 0.139. The summed E-state index contributed by atoms with van der Waals surface area (Å²) in [5.41, 5.74) is 3.99. The summed E-state index contributed by atoms with van der Waals surface area (Å²) in [6.07, 6.45) is 1.79. The molecular weight excluding hydrogens is 228 g/mol. The van der Waals surface area contributed by atoms with E-state index in [1.807, 2.05) is 13.0 Å². The molecule has 0 N–H and O–H groups in total. The number of benzene rings is 1. The number of carbonyl (C=O) groups is 1. The number of methoxy groups -OCH3 is 1. The normalized spacial score (nSPS) is 24.4. The molecule has 2 atom stereocenters. The average Bonchev–Trinajstić information content (AvgIpc) is 2.68. The Balaban J connectivity index is 2.15. The van der Waals surface area contributed by atoms with Gasteiger partial charge in [-0.05, 0) is 37.5 Å². The number of ether oxygens (including phenoxy) is 2. The van der Waals surface area contributed by atoms with E-state index in [1.165, 1.54) is 5.56 Å². The Morgan fingerprint density at radius 3 is 2.94 bits per heavy atom. The highest BCUT2D eigenvalue weighted by atomic mass is 16.5. The predicted octanol–water partition coefficient (Wildman–Crippen LogP) is 3.05. The Kier molecular flexibility index (Phi) is 2.44. The van der Waals surface area contributed by atoms with Crippen molar-refractivity contribution in [2.24, 2.45) is 5.92 Å². The SMILES string of the molecule is C=C(C)[C@@H]1CCc2cc(OC)cc3c2[C@H]1OC3=O. The minimum Gasteiger partial charge on any atom is -0.497 e. The highest BCUT2D eigenvalue weighted by Gasteiger charge is 2.41. The van der Waals surface area contributed by atoms with E-state index in [4.69, 9.17) is 9.47 Å². The monoisotopic (exact) mass is 244 g/mol. The van der Waals surface area contributed by atoms with E-state index in [-0.39, 0.29) is 18.0 Å². The Morgan fingerprint density at radius 2 is 2.28 bits per heavy atom. The van der Waals surface area contributed by atoms with Gasteiger partial charge in [0.25, 0.3) is 0 Å². The van der Waals surface area contributed by atoms with Crippen molar-refractivity contribution >= 4 is 5.97 Å². The lowest BCUT2D eigenvalue weighted by molar-refractivity contribution is 0.0254. The van der Waals surface area contributed by atoms with Crippen LogP contribution in [0.3, 0.4) is 0 Å². The molecule has 0 amide bonds. The third-order valence-electron chi connectivity index (χ3n) is 3.94. The summed E-state index contributed by atoms with van der Waals surface area (Å²) in [6.45, 7) is 6.02. The van der Waals surface area contributed by atoms with Gasteiger partial charge in [-0.2, -0.15) is 0 Å². The van der Waals surface area contributed by atoms with Gasteiger partial charge in [-0.15, -0.1) is 0 Å². The van der Waals surface area contributed by atoms with Crippen molar-refractivity contribution in [3.05, 3.63) is 41.0 Å². The lowest BCUT2D eigenvalue weighted by Gasteiger charge is -2.29. The number of hydrogen-bond acceptors (Lipinski definition) is 3. The van der Waals surface area contributed by atoms with E-state index in [1.54, 1.807) is 13.2 Å². The molecule has 0 bridgehead atoms. The first-order chi connectivity index (χ1) is 8.61. The Hall–Kier alpha value is -1.77. The van der Waals surface area contributed by atoms with E-state index in [2.05, 4.69) is 6.58 Å². The predicted molar refractivity (Wildman–Crippen MR) is 67.8 cm³/mol. The summed E-state index contributed by atoms with van der Waals surface area (Å²) in [7, 11) is 1.62. The lowest BCUT2D eigenvalue weighted by Crippen LogP contribution is -2.20. The van der Waals surface area contributed by atoms with Crippen LogP contribution in [0.5, 0.6) is 5.75 Å². The van der Waals surface area contributed by atoms with Crippen LogP contribution in [0.2, 0.25) is 0 Å². The molecule has 94 valence electrons. The van der Waals surface area contributed by atoms with Crippen LogP contribution in [0.25, 0.3) is 0 Å². The van der Waals surface area contributed by atoms with Crippen LogP contribution in [-0.4, -0.2) is 13.1 Å². The van der Waals surface area contributed by atoms with Gasteiger partial charge in [0.05, 0.1) is 12.7 Å². The first kappa shape index (κ1) is 11.3. The molecule has 1 aliphatic carbocycles. The van der Waals surface area contributed by atoms with Gasteiger partial charge in [-0.25, -0.2) is 4.79 Å². The second kappa shape index (κ2) is 3.87. The molecule has 3 nitrogen and oxygen atoms in total. The summed E-state index contributed by atoms with van der Waals surface area (Å²) in [4.78, 5) is 11.9. The van der Waals surface area contributed by atoms with Crippen LogP contribution < -0.4 is 4.74 Å². The molecule has 0 saturated heterocycles. The van der Waals surface area contributed by atoms with E-state index >= 15 is 0 Å². The van der Waals surface area contributed by atoms with Gasteiger partial charge in [-0.3, -0.25) is 0 Å². The zero-order valence-corrected chi connectivity index (χ0v) is 10.7. The van der Waals surface area contributed by atoms with Gasteiger partial charge in [-0.1, -0.05) is 12.2 Å². The minimum atomic E-state index is -0.233. The molecule has 0 aromatic heterocycles. The molecule has 3 rings (SSSR count). The third-order valence-corrected chi connectivity index (χ3v) is 3.94. The second-order valence-electron chi connectivity index (χ2n) is 5.07. The molecule has 1 aromatic carbocycles. The third kappa shape index (κ3) is 1.47. The van der Waals surface area contributed by atoms with Crippen LogP contribution in [0.15, 0.2) is 24.3 Å². The van der Waals surface area contributed by atoms with Crippen molar-refractivity contribution in [3.63, 3.8) is 0 Å². The lowest BCUT2D eigenvalue weighted by atomic mass is 9.78. The Morgan fingerprint density at radius 1 is 1.50 bits per heavy atom. The van der Waals surface area contributed by atoms with Crippen LogP contribution in [0.1, 0.15) is 40.9 Å². The van der Waals surface area contributed by atoms with Gasteiger partial charge in [0.15, 0.2) is 0 Å². The number of rotatable bonds is 2. The van der Waals surface area contributed by atoms with Gasteiger partial charge < -0.3 is 9.47 Å². The zero-order chi connectivity index (χ0) is 12.9. The molecule has 1 aliphatic heterocycles.